The summed E-state index contributed by atoms with van der Waals surface area (Å²) in [5, 5.41) is 1.57. The Bertz CT molecular complexity index is 1210. The van der Waals surface area contributed by atoms with Crippen LogP contribution in [-0.4, -0.2) is 12.6 Å². The second kappa shape index (κ2) is 8.76. The fraction of sp³-hybridized carbons (Fsp3) is 0.250. The molecule has 0 amide bonds. The predicted octanol–water partition coefficient (Wildman–Crippen LogP) is 6.65. The van der Waals surface area contributed by atoms with Gasteiger partial charge in [0, 0.05) is 17.7 Å². The van der Waals surface area contributed by atoms with Gasteiger partial charge in [-0.25, -0.2) is 23.0 Å². The average Bonchev–Trinajstić information content (AvgIpc) is 3.20. The van der Waals surface area contributed by atoms with E-state index in [1.54, 1.807) is 18.2 Å². The van der Waals surface area contributed by atoms with E-state index in [-0.39, 0.29) is 16.5 Å². The van der Waals surface area contributed by atoms with Crippen LogP contribution in [0.15, 0.2) is 64.8 Å². The van der Waals surface area contributed by atoms with E-state index < -0.39 is 40.8 Å². The second-order valence-corrected chi connectivity index (χ2v) is 7.73. The first-order chi connectivity index (χ1) is 15.8. The minimum absolute atomic E-state index is 0.0253. The van der Waals surface area contributed by atoms with Gasteiger partial charge in [-0.1, -0.05) is 19.9 Å². The highest BCUT2D eigenvalue weighted by molar-refractivity contribution is 6.28. The lowest BCUT2D eigenvalue weighted by molar-refractivity contribution is 0.270. The summed E-state index contributed by atoms with van der Waals surface area (Å²) in [6.07, 6.45) is 1.73. The summed E-state index contributed by atoms with van der Waals surface area (Å²) in [4.78, 5) is 0. The van der Waals surface area contributed by atoms with Crippen LogP contribution in [0.25, 0.3) is 0 Å². The topological polar surface area (TPSA) is 37.6 Å². The smallest absolute Gasteiger partial charge is 0.193 e. The third-order valence-electron chi connectivity index (χ3n) is 5.68. The van der Waals surface area contributed by atoms with Gasteiger partial charge in [0.05, 0.1) is 24.8 Å². The number of hydrogen-bond acceptors (Lipinski definition) is 4. The number of furan rings is 1. The number of hydrazine groups is 1. The van der Waals surface area contributed by atoms with E-state index in [0.717, 1.165) is 24.3 Å². The van der Waals surface area contributed by atoms with Crippen LogP contribution < -0.4 is 10.4 Å². The van der Waals surface area contributed by atoms with Gasteiger partial charge in [0.1, 0.15) is 34.5 Å². The third-order valence-corrected chi connectivity index (χ3v) is 5.88. The van der Waals surface area contributed by atoms with Gasteiger partial charge >= 0.3 is 0 Å². The molecule has 9 heteroatoms. The van der Waals surface area contributed by atoms with E-state index in [1.165, 1.54) is 24.3 Å². The Morgan fingerprint density at radius 2 is 1.64 bits per heavy atom. The molecule has 5 rings (SSSR count). The third kappa shape index (κ3) is 3.77. The maximum Gasteiger partial charge on any atom is 0.193 e. The van der Waals surface area contributed by atoms with Gasteiger partial charge in [-0.2, -0.15) is 0 Å². The largest absolute Gasteiger partial charge is 0.498 e. The highest BCUT2D eigenvalue weighted by atomic mass is 35.5. The number of benzene rings is 2. The molecule has 0 radical (unpaired) electrons. The molecule has 1 aromatic heterocycles. The molecule has 1 aliphatic heterocycles. The van der Waals surface area contributed by atoms with Gasteiger partial charge in [-0.05, 0) is 48.0 Å². The monoisotopic (exact) mass is 480 g/mol. The molecule has 0 saturated carbocycles. The van der Waals surface area contributed by atoms with Crippen LogP contribution in [0.3, 0.4) is 0 Å². The van der Waals surface area contributed by atoms with E-state index in [1.807, 2.05) is 13.8 Å². The number of anilines is 1. The first-order valence-corrected chi connectivity index (χ1v) is 10.7. The van der Waals surface area contributed by atoms with E-state index in [2.05, 4.69) is 5.43 Å². The van der Waals surface area contributed by atoms with E-state index >= 15 is 0 Å². The fourth-order valence-corrected chi connectivity index (χ4v) is 4.48. The van der Waals surface area contributed by atoms with Crippen molar-refractivity contribution in [1.29, 1.82) is 0 Å². The Hall–Kier alpha value is -2.97. The number of rotatable bonds is 4. The fourth-order valence-electron chi connectivity index (χ4n) is 4.33. The number of halogens is 5. The van der Waals surface area contributed by atoms with Crippen LogP contribution in [0, 0.1) is 23.3 Å². The van der Waals surface area contributed by atoms with Crippen molar-refractivity contribution in [1.82, 2.24) is 5.43 Å². The summed E-state index contributed by atoms with van der Waals surface area (Å²) in [6, 6.07) is 8.73. The molecule has 174 valence electrons. The van der Waals surface area contributed by atoms with Crippen molar-refractivity contribution < 1.29 is 26.7 Å². The Labute approximate surface area is 193 Å². The molecule has 1 N–H and O–H groups in total. The zero-order valence-electron chi connectivity index (χ0n) is 18.0. The van der Waals surface area contributed by atoms with Gasteiger partial charge in [0.2, 0.25) is 0 Å². The minimum atomic E-state index is -1.07. The SMILES string of the molecule is CC.COC1=CC12C(c1ccc(Cl)o1)C(c1ccc(F)cc1F)NN2c1ccc(F)cc1F. The number of nitrogens with zero attached hydrogens (tertiary/aromatic N) is 1. The zero-order chi connectivity index (χ0) is 23.9. The lowest BCUT2D eigenvalue weighted by atomic mass is 9.83. The van der Waals surface area contributed by atoms with Gasteiger partial charge in [-0.15, -0.1) is 0 Å². The Morgan fingerprint density at radius 1 is 0.970 bits per heavy atom. The molecular formula is C24H21ClF4N2O2. The number of hydrogen-bond donors (Lipinski definition) is 1. The summed E-state index contributed by atoms with van der Waals surface area (Å²) < 4.78 is 67.7. The molecule has 1 saturated heterocycles. The Balaban J connectivity index is 0.00000126. The normalized spacial score (nSPS) is 23.3. The lowest BCUT2D eigenvalue weighted by Crippen LogP contribution is -2.43. The summed E-state index contributed by atoms with van der Waals surface area (Å²) in [6.45, 7) is 4.00. The van der Waals surface area contributed by atoms with Gasteiger partial charge < -0.3 is 9.15 Å². The van der Waals surface area contributed by atoms with Crippen molar-refractivity contribution in [2.24, 2.45) is 0 Å². The first kappa shape index (κ1) is 23.2. The zero-order valence-corrected chi connectivity index (χ0v) is 18.8. The van der Waals surface area contributed by atoms with Crippen molar-refractivity contribution in [2.75, 3.05) is 12.1 Å². The molecule has 4 nitrogen and oxygen atoms in total. The maximum absolute atomic E-state index is 14.8. The average molecular weight is 481 g/mol. The van der Waals surface area contributed by atoms with E-state index in [0.29, 0.717) is 11.5 Å². The van der Waals surface area contributed by atoms with Crippen LogP contribution in [0.1, 0.15) is 37.1 Å². The highest BCUT2D eigenvalue weighted by Crippen LogP contribution is 2.60. The van der Waals surface area contributed by atoms with Gasteiger partial charge in [0.15, 0.2) is 11.0 Å². The molecule has 3 unspecified atom stereocenters. The van der Waals surface area contributed by atoms with Crippen molar-refractivity contribution in [3.05, 3.63) is 100 Å². The first-order valence-electron chi connectivity index (χ1n) is 10.3. The summed E-state index contributed by atoms with van der Waals surface area (Å²) in [5.74, 6) is -2.85. The van der Waals surface area contributed by atoms with Crippen LogP contribution in [-0.2, 0) is 4.74 Å². The molecule has 1 fully saturated rings. The Morgan fingerprint density at radius 3 is 2.18 bits per heavy atom. The molecule has 2 heterocycles. The Kier molecular flexibility index (Phi) is 6.16. The van der Waals surface area contributed by atoms with E-state index in [4.69, 9.17) is 20.8 Å². The molecule has 33 heavy (non-hydrogen) atoms. The quantitative estimate of drug-likeness (QED) is 0.424. The van der Waals surface area contributed by atoms with Crippen LogP contribution in [0.4, 0.5) is 23.2 Å². The number of nitrogens with one attached hydrogen (secondary N) is 1. The van der Waals surface area contributed by atoms with Crippen LogP contribution in [0.5, 0.6) is 0 Å². The van der Waals surface area contributed by atoms with Crippen molar-refractivity contribution in [3.8, 4) is 0 Å². The summed E-state index contributed by atoms with van der Waals surface area (Å²) in [7, 11) is 1.46. The maximum atomic E-state index is 14.8. The molecule has 0 bridgehead atoms. The van der Waals surface area contributed by atoms with Crippen LogP contribution in [0.2, 0.25) is 5.22 Å². The summed E-state index contributed by atoms with van der Waals surface area (Å²) >= 11 is 5.99. The van der Waals surface area contributed by atoms with Gasteiger partial charge in [0.25, 0.3) is 0 Å². The molecule has 1 aliphatic carbocycles. The highest BCUT2D eigenvalue weighted by Gasteiger charge is 2.66. The van der Waals surface area contributed by atoms with Crippen molar-refractivity contribution in [2.45, 2.75) is 31.3 Å². The number of methoxy groups -OCH3 is 1. The molecule has 3 aromatic rings. The summed E-state index contributed by atoms with van der Waals surface area (Å²) in [5.41, 5.74) is 2.19. The molecule has 2 aliphatic rings. The lowest BCUT2D eigenvalue weighted by Gasteiger charge is -2.29. The van der Waals surface area contributed by atoms with Crippen molar-refractivity contribution >= 4 is 17.3 Å². The minimum Gasteiger partial charge on any atom is -0.498 e. The second-order valence-electron chi connectivity index (χ2n) is 7.36. The number of ether oxygens (including phenoxy) is 1. The molecule has 1 spiro atoms. The van der Waals surface area contributed by atoms with Gasteiger partial charge in [-0.3, -0.25) is 5.01 Å². The molecular weight excluding hydrogens is 460 g/mol. The van der Waals surface area contributed by atoms with Crippen molar-refractivity contribution in [3.63, 3.8) is 0 Å². The molecule has 3 atom stereocenters. The predicted molar refractivity (Wildman–Crippen MR) is 117 cm³/mol. The molecule has 2 aromatic carbocycles. The van der Waals surface area contributed by atoms with Crippen LogP contribution >= 0.6 is 11.6 Å². The standard InChI is InChI=1S/C22H15ClF4N2O2.C2H6/c1-30-18-10-22(18)20(17-6-7-19(23)31-17)21(13-4-2-11(24)8-14(13)26)28-29(22)16-5-3-12(25)9-15(16)27;1-2/h2-10,20-21,28H,1H3;1-2H3. The van der Waals surface area contributed by atoms with E-state index in [9.17, 15) is 17.6 Å².